The minimum absolute atomic E-state index is 0.156. The number of benzene rings is 1. The van der Waals surface area contributed by atoms with Crippen LogP contribution >= 0.6 is 15.9 Å². The fourth-order valence-corrected chi connectivity index (χ4v) is 2.17. The molecule has 19 heavy (non-hydrogen) atoms. The lowest BCUT2D eigenvalue weighted by atomic mass is 10.1. The van der Waals surface area contributed by atoms with Crippen LogP contribution in [-0.2, 0) is 11.0 Å². The lowest BCUT2D eigenvalue weighted by Crippen LogP contribution is -2.39. The van der Waals surface area contributed by atoms with Crippen molar-refractivity contribution in [2.24, 2.45) is 0 Å². The van der Waals surface area contributed by atoms with Crippen molar-refractivity contribution in [1.29, 1.82) is 0 Å². The van der Waals surface area contributed by atoms with Gasteiger partial charge < -0.3 is 10.0 Å². The van der Waals surface area contributed by atoms with Gasteiger partial charge in [0, 0.05) is 11.5 Å². The van der Waals surface area contributed by atoms with E-state index in [1.165, 1.54) is 19.2 Å². The highest BCUT2D eigenvalue weighted by molar-refractivity contribution is 9.10. The second kappa shape index (κ2) is 5.81. The second-order valence-electron chi connectivity index (χ2n) is 4.03. The van der Waals surface area contributed by atoms with Crippen molar-refractivity contribution < 1.29 is 23.1 Å². The normalized spacial score (nSPS) is 13.2. The summed E-state index contributed by atoms with van der Waals surface area (Å²) >= 11 is 3.10. The molecule has 0 radical (unpaired) electrons. The Hall–Kier alpha value is -1.24. The Morgan fingerprint density at radius 3 is 2.47 bits per heavy atom. The smallest absolute Gasteiger partial charge is 0.418 e. The third kappa shape index (κ3) is 3.62. The van der Waals surface area contributed by atoms with Gasteiger partial charge in [-0.2, -0.15) is 13.2 Å². The van der Waals surface area contributed by atoms with Crippen LogP contribution in [0.4, 0.5) is 18.9 Å². The van der Waals surface area contributed by atoms with Gasteiger partial charge in [0.25, 0.3) is 0 Å². The molecule has 1 rings (SSSR count). The Kier molecular flexibility index (Phi) is 4.84. The fraction of sp³-hybridized carbons (Fsp3) is 0.417. The zero-order valence-electron chi connectivity index (χ0n) is 10.3. The molecule has 0 aliphatic rings. The van der Waals surface area contributed by atoms with E-state index in [9.17, 15) is 18.0 Å². The van der Waals surface area contributed by atoms with E-state index in [1.54, 1.807) is 6.92 Å². The minimum atomic E-state index is -4.53. The molecule has 1 aromatic carbocycles. The maximum absolute atomic E-state index is 12.9. The number of hydrogen-bond donors (Lipinski definition) is 1. The summed E-state index contributed by atoms with van der Waals surface area (Å²) in [5, 5.41) is 9.03. The number of hydrogen-bond acceptors (Lipinski definition) is 2. The summed E-state index contributed by atoms with van der Waals surface area (Å²) in [6, 6.07) is 2.48. The van der Waals surface area contributed by atoms with Crippen molar-refractivity contribution in [2.45, 2.75) is 25.6 Å². The number of carboxylic acid groups (broad SMARTS) is 1. The monoisotopic (exact) mass is 339 g/mol. The first-order chi connectivity index (χ1) is 8.68. The van der Waals surface area contributed by atoms with Crippen LogP contribution in [0.2, 0.25) is 0 Å². The molecule has 7 heteroatoms. The van der Waals surface area contributed by atoms with Crippen LogP contribution in [0.5, 0.6) is 0 Å². The van der Waals surface area contributed by atoms with Gasteiger partial charge in [-0.15, -0.1) is 0 Å². The second-order valence-corrected chi connectivity index (χ2v) is 4.95. The molecule has 0 aliphatic heterocycles. The largest absolute Gasteiger partial charge is 0.480 e. The number of carboxylic acids is 1. The van der Waals surface area contributed by atoms with Crippen molar-refractivity contribution in [3.63, 3.8) is 0 Å². The molecule has 0 aliphatic carbocycles. The molecule has 0 amide bonds. The van der Waals surface area contributed by atoms with Crippen LogP contribution in [0, 0.1) is 0 Å². The van der Waals surface area contributed by atoms with E-state index in [1.807, 2.05) is 0 Å². The van der Waals surface area contributed by atoms with E-state index < -0.39 is 23.8 Å². The fourth-order valence-electron chi connectivity index (χ4n) is 1.82. The number of alkyl halides is 3. The van der Waals surface area contributed by atoms with E-state index >= 15 is 0 Å². The Balaban J connectivity index is 3.32. The van der Waals surface area contributed by atoms with Crippen molar-refractivity contribution in [3.8, 4) is 0 Å². The van der Waals surface area contributed by atoms with Gasteiger partial charge in [-0.05, 0) is 24.6 Å². The van der Waals surface area contributed by atoms with Crippen molar-refractivity contribution in [2.75, 3.05) is 11.9 Å². The number of halogens is 4. The Labute approximate surface area is 117 Å². The quantitative estimate of drug-likeness (QED) is 0.907. The highest BCUT2D eigenvalue weighted by Crippen LogP contribution is 2.38. The number of likely N-dealkylation sites (N-methyl/N-ethyl adjacent to an activating group) is 1. The van der Waals surface area contributed by atoms with Crippen LogP contribution in [-0.4, -0.2) is 24.2 Å². The molecule has 0 bridgehead atoms. The molecule has 0 spiro atoms. The summed E-state index contributed by atoms with van der Waals surface area (Å²) in [5.74, 6) is -1.15. The number of rotatable bonds is 4. The van der Waals surface area contributed by atoms with E-state index in [4.69, 9.17) is 5.11 Å². The SMILES string of the molecule is CCC(C(=O)O)N(C)c1cc(Br)ccc1C(F)(F)F. The highest BCUT2D eigenvalue weighted by atomic mass is 79.9. The zero-order chi connectivity index (χ0) is 14.8. The van der Waals surface area contributed by atoms with Gasteiger partial charge in [0.1, 0.15) is 6.04 Å². The maximum atomic E-state index is 12.9. The molecule has 1 N–H and O–H groups in total. The van der Waals surface area contributed by atoms with Crippen molar-refractivity contribution in [3.05, 3.63) is 28.2 Å². The molecular weight excluding hydrogens is 327 g/mol. The first-order valence-electron chi connectivity index (χ1n) is 5.50. The first-order valence-corrected chi connectivity index (χ1v) is 6.30. The molecular formula is C12H13BrF3NO2. The molecule has 1 atom stereocenters. The van der Waals surface area contributed by atoms with Crippen molar-refractivity contribution >= 4 is 27.6 Å². The van der Waals surface area contributed by atoms with Crippen LogP contribution in [0.15, 0.2) is 22.7 Å². The van der Waals surface area contributed by atoms with Crippen LogP contribution < -0.4 is 4.90 Å². The van der Waals surface area contributed by atoms with E-state index in [2.05, 4.69) is 15.9 Å². The minimum Gasteiger partial charge on any atom is -0.480 e. The van der Waals surface area contributed by atoms with Crippen LogP contribution in [0.3, 0.4) is 0 Å². The lowest BCUT2D eigenvalue weighted by Gasteiger charge is -2.28. The number of anilines is 1. The summed E-state index contributed by atoms with van der Waals surface area (Å²) in [5.41, 5.74) is -1.01. The molecule has 1 unspecified atom stereocenters. The van der Waals surface area contributed by atoms with Gasteiger partial charge in [-0.3, -0.25) is 0 Å². The summed E-state index contributed by atoms with van der Waals surface area (Å²) in [4.78, 5) is 12.2. The average Bonchev–Trinajstić information content (AvgIpc) is 2.27. The molecule has 106 valence electrons. The molecule has 0 saturated carbocycles. The first kappa shape index (κ1) is 15.8. The van der Waals surface area contributed by atoms with E-state index in [-0.39, 0.29) is 12.1 Å². The predicted molar refractivity (Wildman–Crippen MR) is 69.3 cm³/mol. The van der Waals surface area contributed by atoms with Gasteiger partial charge in [0.05, 0.1) is 11.3 Å². The van der Waals surface area contributed by atoms with Gasteiger partial charge in [0.2, 0.25) is 0 Å². The standard InChI is InChI=1S/C12H13BrF3NO2/c1-3-9(11(18)19)17(2)10-6-7(13)4-5-8(10)12(14,15)16/h4-6,9H,3H2,1-2H3,(H,18,19). The zero-order valence-corrected chi connectivity index (χ0v) is 11.9. The third-order valence-electron chi connectivity index (χ3n) is 2.78. The topological polar surface area (TPSA) is 40.5 Å². The predicted octanol–water partition coefficient (Wildman–Crippen LogP) is 3.77. The van der Waals surface area contributed by atoms with Crippen LogP contribution in [0.1, 0.15) is 18.9 Å². The lowest BCUT2D eigenvalue weighted by molar-refractivity contribution is -0.140. The molecule has 1 aromatic rings. The Morgan fingerprint density at radius 2 is 2.05 bits per heavy atom. The van der Waals surface area contributed by atoms with Gasteiger partial charge in [-0.25, -0.2) is 4.79 Å². The third-order valence-corrected chi connectivity index (χ3v) is 3.28. The average molecular weight is 340 g/mol. The maximum Gasteiger partial charge on any atom is 0.418 e. The van der Waals surface area contributed by atoms with E-state index in [0.29, 0.717) is 4.47 Å². The molecule has 0 fully saturated rings. The summed E-state index contributed by atoms with van der Waals surface area (Å²) < 4.78 is 39.2. The molecule has 0 saturated heterocycles. The summed E-state index contributed by atoms with van der Waals surface area (Å²) in [6.07, 6.45) is -4.32. The Bertz CT molecular complexity index is 477. The summed E-state index contributed by atoms with van der Waals surface area (Å²) in [7, 11) is 1.35. The van der Waals surface area contributed by atoms with Crippen molar-refractivity contribution in [1.82, 2.24) is 0 Å². The van der Waals surface area contributed by atoms with E-state index in [0.717, 1.165) is 11.0 Å². The highest BCUT2D eigenvalue weighted by Gasteiger charge is 2.36. The summed E-state index contributed by atoms with van der Waals surface area (Å²) in [6.45, 7) is 1.61. The Morgan fingerprint density at radius 1 is 1.47 bits per heavy atom. The molecule has 0 heterocycles. The molecule has 3 nitrogen and oxygen atoms in total. The van der Waals surface area contributed by atoms with Crippen LogP contribution in [0.25, 0.3) is 0 Å². The van der Waals surface area contributed by atoms with Gasteiger partial charge in [0.15, 0.2) is 0 Å². The van der Waals surface area contributed by atoms with Gasteiger partial charge >= 0.3 is 12.1 Å². The van der Waals surface area contributed by atoms with Gasteiger partial charge in [-0.1, -0.05) is 22.9 Å². The molecule has 0 aromatic heterocycles. The number of nitrogens with zero attached hydrogens (tertiary/aromatic N) is 1. The number of carbonyl (C=O) groups is 1. The number of aliphatic carboxylic acids is 1.